The van der Waals surface area contributed by atoms with Crippen molar-refractivity contribution in [3.63, 3.8) is 0 Å². The molecule has 2 aromatic carbocycles. The first kappa shape index (κ1) is 32.9. The Bertz CT molecular complexity index is 1340. The van der Waals surface area contributed by atoms with E-state index >= 15 is 0 Å². The minimum absolute atomic E-state index is 0.0715. The second-order valence-electron chi connectivity index (χ2n) is 12.6. The monoisotopic (exact) mass is 604 g/mol. The zero-order valence-electron chi connectivity index (χ0n) is 25.7. The number of hydrogen-bond donors (Lipinski definition) is 4. The summed E-state index contributed by atoms with van der Waals surface area (Å²) in [6.45, 7) is 8.99. The molecule has 3 aliphatic rings. The van der Waals surface area contributed by atoms with Crippen LogP contribution in [0.25, 0.3) is 0 Å². The van der Waals surface area contributed by atoms with Gasteiger partial charge in [-0.3, -0.25) is 14.5 Å². The molecule has 4 N–H and O–H groups in total. The van der Waals surface area contributed by atoms with Gasteiger partial charge in [0.05, 0.1) is 18.5 Å². The highest BCUT2D eigenvalue weighted by atomic mass is 16.4. The van der Waals surface area contributed by atoms with Crippen LogP contribution in [-0.2, 0) is 19.2 Å². The highest BCUT2D eigenvalue weighted by Gasteiger charge is 2.44. The highest BCUT2D eigenvalue weighted by Crippen LogP contribution is 2.38. The van der Waals surface area contributed by atoms with Crippen molar-refractivity contribution in [2.75, 3.05) is 31.1 Å². The largest absolute Gasteiger partial charge is 0.478 e. The molecule has 1 saturated carbocycles. The number of para-hydroxylation sites is 1. The molecular formula is C34H44N4O6. The molecular weight excluding hydrogens is 560 g/mol. The highest BCUT2D eigenvalue weighted by molar-refractivity contribution is 5.96. The number of rotatable bonds is 9. The number of carboxylic acids is 2. The fourth-order valence-electron chi connectivity index (χ4n) is 6.16. The van der Waals surface area contributed by atoms with Crippen molar-refractivity contribution in [3.05, 3.63) is 77.9 Å². The zero-order valence-corrected chi connectivity index (χ0v) is 25.7. The molecule has 236 valence electrons. The minimum Gasteiger partial charge on any atom is -0.478 e. The van der Waals surface area contributed by atoms with Crippen molar-refractivity contribution in [2.45, 2.75) is 64.1 Å². The Kier molecular flexibility index (Phi) is 10.9. The van der Waals surface area contributed by atoms with Gasteiger partial charge in [-0.05, 0) is 56.7 Å². The molecule has 2 amide bonds. The van der Waals surface area contributed by atoms with E-state index in [1.807, 2.05) is 29.2 Å². The Hall–Kier alpha value is -4.02. The van der Waals surface area contributed by atoms with Crippen molar-refractivity contribution in [2.24, 2.45) is 11.8 Å². The number of aryl methyl sites for hydroxylation is 1. The smallest absolute Gasteiger partial charge is 0.328 e. The minimum atomic E-state index is -1.26. The average Bonchev–Trinajstić information content (AvgIpc) is 3.82. The van der Waals surface area contributed by atoms with Crippen LogP contribution in [0.5, 0.6) is 0 Å². The Morgan fingerprint density at radius 2 is 1.64 bits per heavy atom. The van der Waals surface area contributed by atoms with Crippen molar-refractivity contribution in [1.29, 1.82) is 0 Å². The van der Waals surface area contributed by atoms with E-state index in [4.69, 9.17) is 10.2 Å². The number of nitrogens with one attached hydrogen (secondary N) is 2. The van der Waals surface area contributed by atoms with Crippen LogP contribution in [0.4, 0.5) is 5.69 Å². The number of aliphatic carboxylic acids is 2. The van der Waals surface area contributed by atoms with Gasteiger partial charge in [0.15, 0.2) is 0 Å². The molecule has 3 fully saturated rings. The summed E-state index contributed by atoms with van der Waals surface area (Å²) in [6, 6.07) is 18.7. The van der Waals surface area contributed by atoms with Crippen LogP contribution in [0.15, 0.2) is 66.7 Å². The number of hydrogen-bond acceptors (Lipinski definition) is 6. The molecule has 0 radical (unpaired) electrons. The predicted octanol–water partition coefficient (Wildman–Crippen LogP) is 3.77. The maximum Gasteiger partial charge on any atom is 0.328 e. The van der Waals surface area contributed by atoms with E-state index in [0.29, 0.717) is 31.8 Å². The molecule has 44 heavy (non-hydrogen) atoms. The van der Waals surface area contributed by atoms with E-state index in [-0.39, 0.29) is 35.4 Å². The van der Waals surface area contributed by atoms with Crippen molar-refractivity contribution in [1.82, 2.24) is 15.5 Å². The van der Waals surface area contributed by atoms with Gasteiger partial charge in [-0.2, -0.15) is 0 Å². The van der Waals surface area contributed by atoms with Gasteiger partial charge in [-0.1, -0.05) is 61.4 Å². The quantitative estimate of drug-likeness (QED) is 0.317. The van der Waals surface area contributed by atoms with Gasteiger partial charge in [-0.25, -0.2) is 9.59 Å². The third kappa shape index (κ3) is 9.00. The molecule has 0 bridgehead atoms. The summed E-state index contributed by atoms with van der Waals surface area (Å²) in [4.78, 5) is 50.1. The van der Waals surface area contributed by atoms with Crippen LogP contribution < -0.4 is 15.5 Å². The van der Waals surface area contributed by atoms with Gasteiger partial charge in [-0.15, -0.1) is 0 Å². The van der Waals surface area contributed by atoms with Crippen LogP contribution in [0, 0.1) is 18.8 Å². The molecule has 2 heterocycles. The van der Waals surface area contributed by atoms with Gasteiger partial charge < -0.3 is 25.7 Å². The topological polar surface area (TPSA) is 139 Å². The van der Waals surface area contributed by atoms with Crippen LogP contribution in [0.1, 0.15) is 56.7 Å². The van der Waals surface area contributed by atoms with Crippen molar-refractivity contribution < 1.29 is 29.4 Å². The lowest BCUT2D eigenvalue weighted by molar-refractivity contribution is -0.134. The lowest BCUT2D eigenvalue weighted by atomic mass is 9.88. The summed E-state index contributed by atoms with van der Waals surface area (Å²) < 4.78 is 0. The van der Waals surface area contributed by atoms with E-state index in [1.165, 1.54) is 18.4 Å². The Balaban J connectivity index is 0.000000488. The van der Waals surface area contributed by atoms with Gasteiger partial charge in [0.1, 0.15) is 0 Å². The van der Waals surface area contributed by atoms with E-state index in [9.17, 15) is 19.2 Å². The maximum absolute atomic E-state index is 13.5. The lowest BCUT2D eigenvalue weighted by Crippen LogP contribution is -2.67. The normalized spacial score (nSPS) is 22.5. The molecule has 1 aliphatic carbocycles. The van der Waals surface area contributed by atoms with Crippen molar-refractivity contribution >= 4 is 29.4 Å². The zero-order chi connectivity index (χ0) is 31.9. The Morgan fingerprint density at radius 1 is 1.00 bits per heavy atom. The van der Waals surface area contributed by atoms with E-state index in [2.05, 4.69) is 66.6 Å². The number of anilines is 1. The molecule has 5 rings (SSSR count). The number of amides is 2. The van der Waals surface area contributed by atoms with Gasteiger partial charge in [0.25, 0.3) is 0 Å². The summed E-state index contributed by atoms with van der Waals surface area (Å²) in [5.41, 5.74) is 3.11. The fourth-order valence-corrected chi connectivity index (χ4v) is 6.16. The SMILES string of the molecule is Cc1ccccc1N1CC(C)(C)N([C@H]2CNC[C@@H](C(=O)N[C@H](CC3CC3)c3ccccc3)C2)CC1=O.O=C(O)/C=C/C(=O)O. The number of nitrogens with zero attached hydrogens (tertiary/aromatic N) is 2. The van der Waals surface area contributed by atoms with Crippen LogP contribution in [0.3, 0.4) is 0 Å². The summed E-state index contributed by atoms with van der Waals surface area (Å²) >= 11 is 0. The molecule has 0 unspecified atom stereocenters. The molecule has 10 nitrogen and oxygen atoms in total. The van der Waals surface area contributed by atoms with Gasteiger partial charge >= 0.3 is 11.9 Å². The van der Waals surface area contributed by atoms with Gasteiger partial charge in [0.2, 0.25) is 11.8 Å². The number of benzene rings is 2. The fraction of sp³-hybridized carbons (Fsp3) is 0.471. The van der Waals surface area contributed by atoms with E-state index < -0.39 is 11.9 Å². The number of carbonyl (C=O) groups excluding carboxylic acids is 2. The lowest BCUT2D eigenvalue weighted by Gasteiger charge is -2.51. The maximum atomic E-state index is 13.5. The number of piperazine rings is 1. The second kappa shape index (κ2) is 14.6. The summed E-state index contributed by atoms with van der Waals surface area (Å²) in [5, 5.41) is 22.5. The molecule has 2 aliphatic heterocycles. The van der Waals surface area contributed by atoms with Crippen molar-refractivity contribution in [3.8, 4) is 0 Å². The third-order valence-electron chi connectivity index (χ3n) is 8.63. The Labute approximate surface area is 259 Å². The average molecular weight is 605 g/mol. The third-order valence-corrected chi connectivity index (χ3v) is 8.63. The van der Waals surface area contributed by atoms with Crippen LogP contribution in [0.2, 0.25) is 0 Å². The first-order valence-electron chi connectivity index (χ1n) is 15.3. The number of carbonyl (C=O) groups is 4. The Morgan fingerprint density at radius 3 is 2.25 bits per heavy atom. The number of carboxylic acid groups (broad SMARTS) is 2. The first-order valence-corrected chi connectivity index (χ1v) is 15.3. The van der Waals surface area contributed by atoms with Crippen LogP contribution >= 0.6 is 0 Å². The molecule has 0 spiro atoms. The summed E-state index contributed by atoms with van der Waals surface area (Å²) in [6.07, 6.45) is 5.44. The van der Waals surface area contributed by atoms with E-state index in [1.54, 1.807) is 0 Å². The molecule has 0 aromatic heterocycles. The standard InChI is InChI=1S/C30H40N4O2.C4H4O4/c1-21-9-7-8-12-27(21)33-20-30(2,3)34(19-28(33)35)25-16-24(17-31-18-25)29(36)32-26(15-22-13-14-22)23-10-5-4-6-11-23;5-3(6)1-2-4(7)8/h4-12,22,24-26,31H,13-20H2,1-3H3,(H,32,36);1-2H,(H,5,6)(H,7,8)/b;2-1+/t24-,25+,26+;/m0./s1. The summed E-state index contributed by atoms with van der Waals surface area (Å²) in [5.74, 6) is -1.63. The van der Waals surface area contributed by atoms with Gasteiger partial charge in [0, 0.05) is 49.1 Å². The molecule has 2 aromatic rings. The van der Waals surface area contributed by atoms with E-state index in [0.717, 1.165) is 36.6 Å². The number of piperidine rings is 1. The predicted molar refractivity (Wildman–Crippen MR) is 168 cm³/mol. The molecule has 3 atom stereocenters. The second-order valence-corrected chi connectivity index (χ2v) is 12.6. The molecule has 10 heteroatoms. The molecule has 2 saturated heterocycles. The first-order chi connectivity index (χ1) is 20.9. The summed E-state index contributed by atoms with van der Waals surface area (Å²) in [7, 11) is 0. The van der Waals surface area contributed by atoms with Crippen LogP contribution in [-0.4, -0.2) is 76.6 Å².